The van der Waals surface area contributed by atoms with Crippen molar-refractivity contribution in [2.45, 2.75) is 23.3 Å². The summed E-state index contributed by atoms with van der Waals surface area (Å²) >= 11 is 9.39. The van der Waals surface area contributed by atoms with Gasteiger partial charge in [0.25, 0.3) is 10.5 Å². The zero-order valence-electron chi connectivity index (χ0n) is 43.0. The third-order valence-corrected chi connectivity index (χ3v) is 13.0. The van der Waals surface area contributed by atoms with Crippen LogP contribution in [0.15, 0.2) is 133 Å². The molecule has 2 unspecified atom stereocenters. The summed E-state index contributed by atoms with van der Waals surface area (Å²) in [5.74, 6) is 2.54. The van der Waals surface area contributed by atoms with E-state index >= 15 is 0 Å². The van der Waals surface area contributed by atoms with Gasteiger partial charge in [-0.05, 0) is 131 Å². The van der Waals surface area contributed by atoms with Gasteiger partial charge in [-0.15, -0.1) is 0 Å². The molecule has 0 radical (unpaired) electrons. The number of methoxy groups -OCH3 is 5. The number of nitrogens with one attached hydrogen (secondary N) is 2. The van der Waals surface area contributed by atoms with E-state index in [0.717, 1.165) is 40.2 Å². The molecule has 6 aromatic carbocycles. The minimum Gasteiger partial charge on any atom is -0.870 e. The minimum absolute atomic E-state index is 0. The Morgan fingerprint density at radius 2 is 0.823 bits per heavy atom. The summed E-state index contributed by atoms with van der Waals surface area (Å²) < 4.78 is 38.0. The molecule has 17 nitrogen and oxygen atoms in total. The molecule has 0 saturated carbocycles. The Hall–Kier alpha value is -4.75. The fraction of sp³-hybridized carbons (Fsp3) is 0.164. The molecule has 0 bridgehead atoms. The second kappa shape index (κ2) is 33.2. The molecule has 6 aromatic rings. The van der Waals surface area contributed by atoms with Crippen LogP contribution < -0.4 is 68.6 Å². The molecule has 2 heterocycles. The summed E-state index contributed by atoms with van der Waals surface area (Å²) in [5, 5.41) is 12.9. The number of amides is 4. The average Bonchev–Trinajstić information content (AvgIpc) is 3.92. The maximum atomic E-state index is 12.6. The number of carboxylic acids is 1. The van der Waals surface area contributed by atoms with Gasteiger partial charge in [0, 0.05) is 12.1 Å². The number of halogens is 3. The Morgan fingerprint density at radius 3 is 1.10 bits per heavy atom. The molecular weight excluding hydrogens is 1450 g/mol. The van der Waals surface area contributed by atoms with Gasteiger partial charge < -0.3 is 43.7 Å². The number of hydrogen-bond acceptors (Lipinski definition) is 16. The van der Waals surface area contributed by atoms with Crippen molar-refractivity contribution in [1.82, 2.24) is 10.6 Å². The van der Waals surface area contributed by atoms with Crippen LogP contribution in [0.2, 0.25) is 0 Å². The summed E-state index contributed by atoms with van der Waals surface area (Å²) in [4.78, 5) is 70.5. The van der Waals surface area contributed by atoms with E-state index in [2.05, 4.69) is 70.6 Å². The molecule has 0 spiro atoms. The van der Waals surface area contributed by atoms with Crippen LogP contribution in [0.1, 0.15) is 33.4 Å². The number of benzene rings is 6. The summed E-state index contributed by atoms with van der Waals surface area (Å²) in [5.41, 5.74) is 4.80. The van der Waals surface area contributed by atoms with E-state index in [0.29, 0.717) is 81.1 Å². The summed E-state index contributed by atoms with van der Waals surface area (Å²) in [7, 11) is 7.51. The van der Waals surface area contributed by atoms with Crippen molar-refractivity contribution >= 4 is 141 Å². The fourth-order valence-electron chi connectivity index (χ4n) is 7.35. The first-order valence-electron chi connectivity index (χ1n) is 22.7. The Morgan fingerprint density at radius 1 is 0.519 bits per heavy atom. The van der Waals surface area contributed by atoms with E-state index in [1.165, 1.54) is 21.3 Å². The van der Waals surface area contributed by atoms with Gasteiger partial charge >= 0.3 is 106 Å². The van der Waals surface area contributed by atoms with Crippen molar-refractivity contribution in [2.75, 3.05) is 35.5 Å². The smallest absolute Gasteiger partial charge is 0.870 e. The van der Waals surface area contributed by atoms with Gasteiger partial charge in [0.1, 0.15) is 46.0 Å². The van der Waals surface area contributed by atoms with Gasteiger partial charge in [-0.2, -0.15) is 0 Å². The number of ether oxygens (including phenoxy) is 7. The van der Waals surface area contributed by atoms with Crippen molar-refractivity contribution in [3.05, 3.63) is 167 Å². The van der Waals surface area contributed by atoms with Crippen molar-refractivity contribution in [3.63, 3.8) is 0 Å². The molecule has 4 N–H and O–H groups in total. The molecule has 0 aromatic heterocycles. The van der Waals surface area contributed by atoms with E-state index in [1.54, 1.807) is 136 Å². The summed E-state index contributed by atoms with van der Waals surface area (Å²) in [6, 6.07) is 38.9. The standard InChI is InChI=1S/C28H25NO7S.C27H23NO7S.3HI.Na.H2O.V/c1-33-22-12-18(13-23(16-22)34-2)14-24(27(31)35-3)19-6-10-21(11-7-19)36-20-8-4-17(5-9-20)15-25-26(30)29-28(32)37-25;1-33-21-11-17(12-22(15-21)34-2)13-23(26(30)31)18-5-9-20(10-6-18)35-19-7-3-16(4-8-19)14-24-25(29)28-27(32)36-24;;;;;;/h4-14,16,25H,15H2,1-3H3,(H,29,30,32);3-13,15,24H,14H2,1-2H3,(H,30,31)(H,28,29,32);3*1H;;1H2;/q;;;;;+1;;+3/p-4/b24-14+;23-13+;;;;;;. The number of carbonyl (C=O) groups excluding carboxylic acids is 5. The van der Waals surface area contributed by atoms with E-state index < -0.39 is 22.4 Å². The molecular formula is C55H49I3N2NaO15S2V. The zero-order chi connectivity index (χ0) is 55.6. The maximum absolute atomic E-state index is 12.6. The Bertz CT molecular complexity index is 3110. The van der Waals surface area contributed by atoms with Crippen LogP contribution in [-0.4, -0.2) is 90.9 Å². The molecule has 2 aliphatic rings. The molecule has 79 heavy (non-hydrogen) atoms. The van der Waals surface area contributed by atoms with Gasteiger partial charge in [-0.3, -0.25) is 29.8 Å². The molecule has 24 heteroatoms. The van der Waals surface area contributed by atoms with Gasteiger partial charge in [-0.1, -0.05) is 72.1 Å². The molecule has 4 amide bonds. The maximum Gasteiger partial charge on any atom is 1.00 e. The van der Waals surface area contributed by atoms with E-state index in [-0.39, 0.29) is 67.8 Å². The third-order valence-electron chi connectivity index (χ3n) is 11.0. The van der Waals surface area contributed by atoms with Crippen LogP contribution in [-0.2, 0) is 41.7 Å². The Labute approximate surface area is 524 Å². The number of imide groups is 2. The Balaban J connectivity index is 0.000000311. The summed E-state index contributed by atoms with van der Waals surface area (Å²) in [6.07, 6.45) is 4.17. The molecule has 2 atom stereocenters. The van der Waals surface area contributed by atoms with E-state index in [9.17, 15) is 33.9 Å². The van der Waals surface area contributed by atoms with Crippen LogP contribution >= 0.6 is 83.5 Å². The van der Waals surface area contributed by atoms with Gasteiger partial charge in [0.15, 0.2) is 0 Å². The third kappa shape index (κ3) is 20.9. The van der Waals surface area contributed by atoms with Crippen LogP contribution in [0, 0.1) is 0 Å². The summed E-state index contributed by atoms with van der Waals surface area (Å²) in [6.45, 7) is 0. The first kappa shape index (κ1) is 66.8. The number of hydrogen-bond donors (Lipinski definition) is 3. The molecule has 2 saturated heterocycles. The van der Waals surface area contributed by atoms with Crippen molar-refractivity contribution in [1.29, 1.82) is 0 Å². The van der Waals surface area contributed by atoms with E-state index in [4.69, 9.17) is 33.2 Å². The molecule has 2 fully saturated rings. The second-order valence-corrected chi connectivity index (χ2v) is 53.8. The molecule has 8 rings (SSSR count). The van der Waals surface area contributed by atoms with Crippen molar-refractivity contribution in [3.8, 4) is 46.0 Å². The first-order valence-corrected chi connectivity index (χ1v) is 38.0. The van der Waals surface area contributed by atoms with Crippen LogP contribution in [0.4, 0.5) is 9.59 Å². The number of aliphatic carboxylic acids is 1. The fourth-order valence-corrected chi connectivity index (χ4v) is 9.06. The Kier molecular flexibility index (Phi) is 28.1. The number of carboxylic acid groups (broad SMARTS) is 1. The number of rotatable bonds is 18. The molecule has 2 aliphatic heterocycles. The topological polar surface area (TPSA) is 241 Å². The molecule has 408 valence electrons. The zero-order valence-corrected chi connectivity index (χ0v) is 54.5. The predicted octanol–water partition coefficient (Wildman–Crippen LogP) is 9.60. The number of esters is 1. The van der Waals surface area contributed by atoms with Gasteiger partial charge in [-0.25, -0.2) is 9.59 Å². The van der Waals surface area contributed by atoms with E-state index in [1.807, 2.05) is 24.3 Å². The number of carbonyl (C=O) groups is 6. The van der Waals surface area contributed by atoms with Crippen LogP contribution in [0.3, 0.4) is 0 Å². The number of thioether (sulfide) groups is 2. The first-order chi connectivity index (χ1) is 36.9. The van der Waals surface area contributed by atoms with Gasteiger partial charge in [0.2, 0.25) is 11.8 Å². The average molecular weight is 1500 g/mol. The normalized spacial score (nSPS) is 14.6. The van der Waals surface area contributed by atoms with Crippen LogP contribution in [0.5, 0.6) is 46.0 Å². The van der Waals surface area contributed by atoms with Gasteiger partial charge in [0.05, 0.1) is 57.2 Å². The molecule has 0 aliphatic carbocycles. The van der Waals surface area contributed by atoms with Crippen molar-refractivity contribution in [2.24, 2.45) is 0 Å². The van der Waals surface area contributed by atoms with Crippen molar-refractivity contribution < 1.29 is 107 Å². The monoisotopic (exact) mass is 1500 g/mol. The predicted molar refractivity (Wildman–Crippen MR) is 322 cm³/mol. The minimum atomic E-state index is -1.07. The SMILES string of the molecule is COC(=O)/C(=C/c1cc(OC)cc(OC)c1)c1ccc(Oc2ccc(CC3SC(=O)NC3=O)cc2)cc1.COc1cc(/C=C(/C(=O)O)c2ccc(Oc3ccc(CC4SC(=O)NC4=O)cc3)cc2)cc(OC)c1.[I][V]([I])[I].[Na+].[OH-]. The second-order valence-electron chi connectivity index (χ2n) is 16.1. The van der Waals surface area contributed by atoms with Crippen LogP contribution in [0.25, 0.3) is 23.3 Å². The largest absolute Gasteiger partial charge is 1.00 e. The quantitative estimate of drug-likeness (QED) is 0.0238.